The number of aliphatic hydroxyl groups is 1. The molecule has 2 rings (SSSR count). The zero-order valence-electron chi connectivity index (χ0n) is 11.0. The number of rotatable bonds is 3. The Labute approximate surface area is 112 Å². The summed E-state index contributed by atoms with van der Waals surface area (Å²) < 4.78 is 13.5. The van der Waals surface area contributed by atoms with Gasteiger partial charge in [0.05, 0.1) is 23.9 Å². The molecule has 0 radical (unpaired) electrons. The molecule has 0 unspecified atom stereocenters. The zero-order chi connectivity index (χ0) is 13.9. The number of carbonyl (C=O) groups is 1. The van der Waals surface area contributed by atoms with Crippen molar-refractivity contribution in [2.24, 2.45) is 5.92 Å². The van der Waals surface area contributed by atoms with Crippen LogP contribution in [0.3, 0.4) is 0 Å². The highest BCUT2D eigenvalue weighted by molar-refractivity contribution is 5.94. The van der Waals surface area contributed by atoms with Gasteiger partial charge in [0, 0.05) is 6.20 Å². The number of hydrogen-bond donors (Lipinski definition) is 2. The molecule has 104 valence electrons. The van der Waals surface area contributed by atoms with Crippen LogP contribution in [-0.2, 0) is 0 Å². The molecular weight excluding hydrogens is 247 g/mol. The molecule has 1 fully saturated rings. The van der Waals surface area contributed by atoms with Crippen LogP contribution in [0, 0.1) is 11.7 Å². The van der Waals surface area contributed by atoms with E-state index >= 15 is 0 Å². The summed E-state index contributed by atoms with van der Waals surface area (Å²) in [6.07, 6.45) is 5.77. The molecule has 1 aromatic rings. The first kappa shape index (κ1) is 13.9. The van der Waals surface area contributed by atoms with Crippen molar-refractivity contribution in [1.29, 1.82) is 0 Å². The predicted octanol–water partition coefficient (Wildman–Crippen LogP) is 1.89. The van der Waals surface area contributed by atoms with Gasteiger partial charge in [-0.25, -0.2) is 4.39 Å². The minimum atomic E-state index is -0.641. The number of hydrogen-bond acceptors (Lipinski definition) is 3. The van der Waals surface area contributed by atoms with Crippen LogP contribution < -0.4 is 5.32 Å². The zero-order valence-corrected chi connectivity index (χ0v) is 11.0. The molecular formula is C14H19FN2O2. The average Bonchev–Trinajstić information content (AvgIpc) is 2.42. The Morgan fingerprint density at radius 1 is 1.58 bits per heavy atom. The Kier molecular flexibility index (Phi) is 4.14. The SMILES string of the molecule is CC1CCC(CO)(NC(=O)c2ccncc2F)CC1. The minimum absolute atomic E-state index is 0.0264. The lowest BCUT2D eigenvalue weighted by Gasteiger charge is -2.38. The first-order valence-electron chi connectivity index (χ1n) is 6.59. The highest BCUT2D eigenvalue weighted by Gasteiger charge is 2.35. The van der Waals surface area contributed by atoms with Gasteiger partial charge in [-0.15, -0.1) is 0 Å². The van der Waals surface area contributed by atoms with Gasteiger partial charge >= 0.3 is 0 Å². The minimum Gasteiger partial charge on any atom is -0.394 e. The molecule has 0 aliphatic heterocycles. The summed E-state index contributed by atoms with van der Waals surface area (Å²) in [7, 11) is 0. The lowest BCUT2D eigenvalue weighted by molar-refractivity contribution is 0.0713. The van der Waals surface area contributed by atoms with Crippen LogP contribution in [-0.4, -0.2) is 28.1 Å². The van der Waals surface area contributed by atoms with Gasteiger partial charge in [-0.2, -0.15) is 0 Å². The summed E-state index contributed by atoms with van der Waals surface area (Å²) in [5.74, 6) is -0.519. The van der Waals surface area contributed by atoms with E-state index in [4.69, 9.17) is 0 Å². The van der Waals surface area contributed by atoms with Crippen molar-refractivity contribution in [2.75, 3.05) is 6.61 Å². The van der Waals surface area contributed by atoms with E-state index in [2.05, 4.69) is 17.2 Å². The normalized spacial score (nSPS) is 27.0. The highest BCUT2D eigenvalue weighted by atomic mass is 19.1. The second kappa shape index (κ2) is 5.65. The van der Waals surface area contributed by atoms with E-state index < -0.39 is 17.3 Å². The Balaban J connectivity index is 2.11. The van der Waals surface area contributed by atoms with E-state index in [9.17, 15) is 14.3 Å². The standard InChI is InChI=1S/C14H19FN2O2/c1-10-2-5-14(9-18,6-3-10)17-13(19)11-4-7-16-8-12(11)15/h4,7-8,10,18H,2-3,5-6,9H2,1H3,(H,17,19). The maximum Gasteiger partial charge on any atom is 0.254 e. The van der Waals surface area contributed by atoms with E-state index in [0.717, 1.165) is 31.9 Å². The number of amides is 1. The summed E-state index contributed by atoms with van der Waals surface area (Å²) in [6, 6.07) is 1.35. The smallest absolute Gasteiger partial charge is 0.254 e. The van der Waals surface area contributed by atoms with Gasteiger partial charge in [-0.3, -0.25) is 9.78 Å². The van der Waals surface area contributed by atoms with Crippen molar-refractivity contribution in [1.82, 2.24) is 10.3 Å². The van der Waals surface area contributed by atoms with Crippen molar-refractivity contribution in [3.05, 3.63) is 29.8 Å². The number of aliphatic hydroxyl groups excluding tert-OH is 1. The lowest BCUT2D eigenvalue weighted by atomic mass is 9.77. The topological polar surface area (TPSA) is 62.2 Å². The monoisotopic (exact) mass is 266 g/mol. The molecule has 1 aliphatic carbocycles. The third-order valence-corrected chi connectivity index (χ3v) is 3.93. The molecule has 1 amide bonds. The summed E-state index contributed by atoms with van der Waals surface area (Å²) in [6.45, 7) is 2.05. The van der Waals surface area contributed by atoms with Crippen molar-refractivity contribution in [3.8, 4) is 0 Å². The Hall–Kier alpha value is -1.49. The van der Waals surface area contributed by atoms with Crippen LogP contribution in [0.25, 0.3) is 0 Å². The molecule has 0 atom stereocenters. The van der Waals surface area contributed by atoms with Crippen LogP contribution in [0.5, 0.6) is 0 Å². The second-order valence-corrected chi connectivity index (χ2v) is 5.43. The quantitative estimate of drug-likeness (QED) is 0.878. The largest absolute Gasteiger partial charge is 0.394 e. The molecule has 4 nitrogen and oxygen atoms in total. The summed E-state index contributed by atoms with van der Waals surface area (Å²) >= 11 is 0. The number of carbonyl (C=O) groups excluding carboxylic acids is 1. The van der Waals surface area contributed by atoms with Crippen molar-refractivity contribution in [3.63, 3.8) is 0 Å². The molecule has 5 heteroatoms. The fourth-order valence-corrected chi connectivity index (χ4v) is 2.50. The molecule has 19 heavy (non-hydrogen) atoms. The molecule has 1 aliphatic rings. The number of halogens is 1. The lowest BCUT2D eigenvalue weighted by Crippen LogP contribution is -2.53. The van der Waals surface area contributed by atoms with E-state index in [1.807, 2.05) is 0 Å². The van der Waals surface area contributed by atoms with Gasteiger partial charge in [0.15, 0.2) is 5.82 Å². The third-order valence-electron chi connectivity index (χ3n) is 3.93. The molecule has 0 spiro atoms. The molecule has 2 N–H and O–H groups in total. The van der Waals surface area contributed by atoms with E-state index in [-0.39, 0.29) is 12.2 Å². The predicted molar refractivity (Wildman–Crippen MR) is 69.1 cm³/mol. The fourth-order valence-electron chi connectivity index (χ4n) is 2.50. The number of aromatic nitrogens is 1. The fraction of sp³-hybridized carbons (Fsp3) is 0.571. The maximum absolute atomic E-state index is 13.5. The third kappa shape index (κ3) is 3.10. The summed E-state index contributed by atoms with van der Waals surface area (Å²) in [4.78, 5) is 15.7. The van der Waals surface area contributed by atoms with E-state index in [0.29, 0.717) is 5.92 Å². The second-order valence-electron chi connectivity index (χ2n) is 5.43. The number of nitrogens with one attached hydrogen (secondary N) is 1. The van der Waals surface area contributed by atoms with Gasteiger partial charge in [0.1, 0.15) is 0 Å². The average molecular weight is 266 g/mol. The molecule has 0 bridgehead atoms. The molecule has 0 saturated heterocycles. The summed E-state index contributed by atoms with van der Waals surface area (Å²) in [5, 5.41) is 12.4. The molecule has 1 heterocycles. The first-order chi connectivity index (χ1) is 9.06. The Bertz CT molecular complexity index is 457. The molecule has 1 aromatic heterocycles. The highest BCUT2D eigenvalue weighted by Crippen LogP contribution is 2.31. The van der Waals surface area contributed by atoms with Crippen LogP contribution in [0.2, 0.25) is 0 Å². The van der Waals surface area contributed by atoms with Gasteiger partial charge in [-0.05, 0) is 37.7 Å². The number of pyridine rings is 1. The Morgan fingerprint density at radius 2 is 2.26 bits per heavy atom. The van der Waals surface area contributed by atoms with Gasteiger partial charge < -0.3 is 10.4 Å². The van der Waals surface area contributed by atoms with Gasteiger partial charge in [0.25, 0.3) is 5.91 Å². The van der Waals surface area contributed by atoms with Crippen LogP contribution in [0.1, 0.15) is 43.0 Å². The van der Waals surface area contributed by atoms with E-state index in [1.54, 1.807) is 0 Å². The first-order valence-corrected chi connectivity index (χ1v) is 6.59. The van der Waals surface area contributed by atoms with Gasteiger partial charge in [-0.1, -0.05) is 6.92 Å². The van der Waals surface area contributed by atoms with Gasteiger partial charge in [0.2, 0.25) is 0 Å². The van der Waals surface area contributed by atoms with Crippen LogP contribution in [0.4, 0.5) is 4.39 Å². The van der Waals surface area contributed by atoms with Crippen molar-refractivity contribution < 1.29 is 14.3 Å². The maximum atomic E-state index is 13.5. The summed E-state index contributed by atoms with van der Waals surface area (Å²) in [5.41, 5.74) is -0.638. The van der Waals surface area contributed by atoms with Crippen molar-refractivity contribution in [2.45, 2.75) is 38.1 Å². The molecule has 0 aromatic carbocycles. The van der Waals surface area contributed by atoms with Crippen LogP contribution in [0.15, 0.2) is 18.5 Å². The van der Waals surface area contributed by atoms with Crippen LogP contribution >= 0.6 is 0 Å². The van der Waals surface area contributed by atoms with Crippen molar-refractivity contribution >= 4 is 5.91 Å². The Morgan fingerprint density at radius 3 is 2.84 bits per heavy atom. The number of nitrogens with zero attached hydrogens (tertiary/aromatic N) is 1. The van der Waals surface area contributed by atoms with E-state index in [1.165, 1.54) is 12.3 Å². The molecule has 1 saturated carbocycles.